The Morgan fingerprint density at radius 1 is 1.36 bits per heavy atom. The summed E-state index contributed by atoms with van der Waals surface area (Å²) in [4.78, 5) is 11.0. The summed E-state index contributed by atoms with van der Waals surface area (Å²) in [5.74, 6) is 2.58. The minimum absolute atomic E-state index is 0. The number of nitrogens with one attached hydrogen (secondary N) is 1. The van der Waals surface area contributed by atoms with Gasteiger partial charge in [-0.3, -0.25) is 4.99 Å². The quantitative estimate of drug-likeness (QED) is 0.286. The Balaban J connectivity index is 0.00000280. The number of benzene rings is 1. The van der Waals surface area contributed by atoms with Gasteiger partial charge in [0.25, 0.3) is 0 Å². The lowest BCUT2D eigenvalue weighted by molar-refractivity contribution is 0.188. The zero-order valence-corrected chi connectivity index (χ0v) is 19.4. The van der Waals surface area contributed by atoms with Crippen LogP contribution in [-0.4, -0.2) is 53.7 Å². The van der Waals surface area contributed by atoms with Crippen molar-refractivity contribution >= 4 is 29.9 Å². The number of piperidine rings is 1. The van der Waals surface area contributed by atoms with E-state index in [0.717, 1.165) is 44.2 Å². The van der Waals surface area contributed by atoms with Gasteiger partial charge in [0, 0.05) is 39.1 Å². The van der Waals surface area contributed by atoms with Gasteiger partial charge in [0.2, 0.25) is 0 Å². The molecule has 1 aliphatic heterocycles. The normalized spacial score (nSPS) is 19.8. The van der Waals surface area contributed by atoms with Crippen LogP contribution in [0.4, 0.5) is 0 Å². The van der Waals surface area contributed by atoms with Gasteiger partial charge in [-0.25, -0.2) is 4.98 Å². The molecule has 0 saturated carbocycles. The average molecular weight is 497 g/mol. The van der Waals surface area contributed by atoms with Crippen molar-refractivity contribution in [3.05, 3.63) is 48.5 Å². The van der Waals surface area contributed by atoms with Crippen molar-refractivity contribution < 1.29 is 4.74 Å². The number of imidazole rings is 1. The molecule has 1 aliphatic rings. The van der Waals surface area contributed by atoms with Crippen molar-refractivity contribution in [2.75, 3.05) is 33.3 Å². The molecule has 0 spiro atoms. The number of aliphatic imine (C=N–C) groups is 1. The van der Waals surface area contributed by atoms with Crippen LogP contribution in [0.1, 0.15) is 31.4 Å². The highest BCUT2D eigenvalue weighted by Gasteiger charge is 2.28. The van der Waals surface area contributed by atoms with Crippen molar-refractivity contribution in [3.8, 4) is 5.75 Å². The monoisotopic (exact) mass is 497 g/mol. The molecule has 1 N–H and O–H groups in total. The zero-order chi connectivity index (χ0) is 19.1. The molecule has 1 saturated heterocycles. The Hall–Kier alpha value is -1.77. The molecule has 7 heteroatoms. The minimum atomic E-state index is 0. The van der Waals surface area contributed by atoms with Crippen molar-refractivity contribution in [1.29, 1.82) is 0 Å². The Labute approximate surface area is 185 Å². The van der Waals surface area contributed by atoms with E-state index in [0.29, 0.717) is 18.6 Å². The number of ether oxygens (including phenoxy) is 1. The second kappa shape index (κ2) is 11.3. The summed E-state index contributed by atoms with van der Waals surface area (Å²) in [6.45, 7) is 7.93. The predicted molar refractivity (Wildman–Crippen MR) is 125 cm³/mol. The van der Waals surface area contributed by atoms with Crippen LogP contribution in [0, 0.1) is 12.8 Å². The first kappa shape index (κ1) is 22.5. The van der Waals surface area contributed by atoms with Gasteiger partial charge in [0.1, 0.15) is 5.75 Å². The maximum Gasteiger partial charge on any atom is 0.193 e. The molecule has 6 nitrogen and oxygen atoms in total. The Morgan fingerprint density at radius 3 is 2.89 bits per heavy atom. The number of rotatable bonds is 6. The summed E-state index contributed by atoms with van der Waals surface area (Å²) in [7, 11) is 1.86. The molecule has 0 amide bonds. The predicted octanol–water partition coefficient (Wildman–Crippen LogP) is 3.74. The molecular weight excluding hydrogens is 465 g/mol. The molecule has 1 aromatic heterocycles. The number of aromatic nitrogens is 2. The Morgan fingerprint density at radius 2 is 2.18 bits per heavy atom. The third-order valence-electron chi connectivity index (χ3n) is 5.29. The van der Waals surface area contributed by atoms with Gasteiger partial charge >= 0.3 is 0 Å². The maximum absolute atomic E-state index is 5.87. The van der Waals surface area contributed by atoms with Gasteiger partial charge in [-0.15, -0.1) is 24.0 Å². The highest BCUT2D eigenvalue weighted by atomic mass is 127. The molecule has 2 atom stereocenters. The van der Waals surface area contributed by atoms with Gasteiger partial charge in [0.05, 0.1) is 19.0 Å². The number of hydrogen-bond donors (Lipinski definition) is 1. The van der Waals surface area contributed by atoms with Crippen molar-refractivity contribution in [3.63, 3.8) is 0 Å². The van der Waals surface area contributed by atoms with Crippen LogP contribution in [0.3, 0.4) is 0 Å². The molecule has 2 unspecified atom stereocenters. The van der Waals surface area contributed by atoms with E-state index in [2.05, 4.69) is 50.9 Å². The van der Waals surface area contributed by atoms with Crippen LogP contribution in [-0.2, 0) is 0 Å². The lowest BCUT2D eigenvalue weighted by Gasteiger charge is -2.39. The Kier molecular flexibility index (Phi) is 9.08. The number of aryl methyl sites for hydroxylation is 1. The second-order valence-electron chi connectivity index (χ2n) is 7.23. The molecular formula is C21H32IN5O. The van der Waals surface area contributed by atoms with Gasteiger partial charge < -0.3 is 19.5 Å². The molecule has 0 aliphatic carbocycles. The van der Waals surface area contributed by atoms with Crippen LogP contribution in [0.2, 0.25) is 0 Å². The molecule has 154 valence electrons. The summed E-state index contributed by atoms with van der Waals surface area (Å²) < 4.78 is 8.10. The van der Waals surface area contributed by atoms with Gasteiger partial charge in [-0.2, -0.15) is 0 Å². The molecule has 1 fully saturated rings. The zero-order valence-electron chi connectivity index (χ0n) is 17.0. The van der Waals surface area contributed by atoms with Crippen LogP contribution >= 0.6 is 24.0 Å². The number of halogens is 1. The van der Waals surface area contributed by atoms with E-state index in [1.165, 1.54) is 5.56 Å². The summed E-state index contributed by atoms with van der Waals surface area (Å²) in [6.07, 6.45) is 7.92. The maximum atomic E-state index is 5.87. The third kappa shape index (κ3) is 5.86. The van der Waals surface area contributed by atoms with Gasteiger partial charge in [0.15, 0.2) is 5.96 Å². The fraction of sp³-hybridized carbons (Fsp3) is 0.524. The number of nitrogens with zero attached hydrogens (tertiary/aromatic N) is 4. The van der Waals surface area contributed by atoms with Crippen LogP contribution in [0.25, 0.3) is 0 Å². The van der Waals surface area contributed by atoms with E-state index >= 15 is 0 Å². The summed E-state index contributed by atoms with van der Waals surface area (Å²) in [5.41, 5.74) is 1.18. The summed E-state index contributed by atoms with van der Waals surface area (Å²) in [5, 5.41) is 3.49. The first-order valence-electron chi connectivity index (χ1n) is 9.80. The number of para-hydroxylation sites is 1. The molecule has 1 aromatic carbocycles. The third-order valence-corrected chi connectivity index (χ3v) is 5.29. The smallest absolute Gasteiger partial charge is 0.193 e. The fourth-order valence-corrected chi connectivity index (χ4v) is 3.60. The summed E-state index contributed by atoms with van der Waals surface area (Å²) >= 11 is 0. The van der Waals surface area contributed by atoms with E-state index in [-0.39, 0.29) is 24.0 Å². The lowest BCUT2D eigenvalue weighted by Crippen LogP contribution is -2.49. The van der Waals surface area contributed by atoms with Crippen molar-refractivity contribution in [2.45, 2.75) is 32.7 Å². The first-order valence-corrected chi connectivity index (χ1v) is 9.80. The SMILES string of the molecule is CN=C(NCCCOc1ccccc1C)N1CCC(C)C(n2ccnc2)C1.I. The molecule has 0 radical (unpaired) electrons. The van der Waals surface area contributed by atoms with E-state index < -0.39 is 0 Å². The molecule has 2 heterocycles. The van der Waals surface area contributed by atoms with E-state index in [9.17, 15) is 0 Å². The van der Waals surface area contributed by atoms with Gasteiger partial charge in [-0.1, -0.05) is 25.1 Å². The Bertz CT molecular complexity index is 734. The van der Waals surface area contributed by atoms with Crippen LogP contribution < -0.4 is 10.1 Å². The van der Waals surface area contributed by atoms with Crippen LogP contribution in [0.5, 0.6) is 5.75 Å². The number of guanidine groups is 1. The average Bonchev–Trinajstić information content (AvgIpc) is 3.21. The van der Waals surface area contributed by atoms with E-state index in [1.807, 2.05) is 37.8 Å². The highest BCUT2D eigenvalue weighted by molar-refractivity contribution is 14.0. The first-order chi connectivity index (χ1) is 13.2. The topological polar surface area (TPSA) is 54.7 Å². The fourth-order valence-electron chi connectivity index (χ4n) is 3.60. The number of likely N-dealkylation sites (tertiary alicyclic amines) is 1. The number of hydrogen-bond acceptors (Lipinski definition) is 3. The lowest BCUT2D eigenvalue weighted by atomic mass is 9.93. The standard InChI is InChI=1S/C21H31N5O.HI/c1-17-9-12-25(15-19(17)26-13-11-23-16-26)21(22-3)24-10-6-14-27-20-8-5-4-7-18(20)2;/h4-5,7-8,11,13,16-17,19H,6,9-10,12,14-15H2,1-3H3,(H,22,24);1H. The van der Waals surface area contributed by atoms with Gasteiger partial charge in [-0.05, 0) is 37.3 Å². The van der Waals surface area contributed by atoms with E-state index in [1.54, 1.807) is 0 Å². The minimum Gasteiger partial charge on any atom is -0.493 e. The molecule has 28 heavy (non-hydrogen) atoms. The largest absolute Gasteiger partial charge is 0.493 e. The highest BCUT2D eigenvalue weighted by Crippen LogP contribution is 2.27. The second-order valence-corrected chi connectivity index (χ2v) is 7.23. The molecule has 0 bridgehead atoms. The van der Waals surface area contributed by atoms with E-state index in [4.69, 9.17) is 4.74 Å². The van der Waals surface area contributed by atoms with Crippen LogP contribution in [0.15, 0.2) is 48.0 Å². The molecule has 3 rings (SSSR count). The van der Waals surface area contributed by atoms with Crippen molar-refractivity contribution in [1.82, 2.24) is 19.8 Å². The van der Waals surface area contributed by atoms with Crippen molar-refractivity contribution in [2.24, 2.45) is 10.9 Å². The summed E-state index contributed by atoms with van der Waals surface area (Å²) in [6, 6.07) is 8.57. The molecule has 2 aromatic rings.